The number of amides is 1. The van der Waals surface area contributed by atoms with Gasteiger partial charge in [0.2, 0.25) is 0 Å². The molecule has 1 amide bonds. The SMILES string of the molecule is COc1ccc(NC(=O)COC(=O)c2c(-c3ccc(C)cc3)c3ccccc3c(=O)n2C)cc1. The van der Waals surface area contributed by atoms with Gasteiger partial charge in [-0.25, -0.2) is 4.79 Å². The van der Waals surface area contributed by atoms with Crippen LogP contribution in [0.1, 0.15) is 16.1 Å². The Hall–Kier alpha value is -4.39. The molecule has 0 radical (unpaired) electrons. The average Bonchev–Trinajstić information content (AvgIpc) is 2.86. The summed E-state index contributed by atoms with van der Waals surface area (Å²) in [6.07, 6.45) is 0. The molecule has 0 unspecified atom stereocenters. The molecular formula is C27H24N2O5. The van der Waals surface area contributed by atoms with E-state index in [0.717, 1.165) is 11.1 Å². The largest absolute Gasteiger partial charge is 0.497 e. The van der Waals surface area contributed by atoms with Crippen molar-refractivity contribution in [1.29, 1.82) is 0 Å². The molecule has 4 rings (SSSR count). The van der Waals surface area contributed by atoms with Crippen LogP contribution in [0.5, 0.6) is 5.75 Å². The lowest BCUT2D eigenvalue weighted by molar-refractivity contribution is -0.119. The number of nitrogens with zero attached hydrogens (tertiary/aromatic N) is 1. The molecule has 3 aromatic carbocycles. The monoisotopic (exact) mass is 456 g/mol. The van der Waals surface area contributed by atoms with Crippen molar-refractivity contribution in [3.63, 3.8) is 0 Å². The molecule has 0 atom stereocenters. The number of rotatable bonds is 6. The molecule has 1 N–H and O–H groups in total. The Morgan fingerprint density at radius 3 is 2.21 bits per heavy atom. The highest BCUT2D eigenvalue weighted by Gasteiger charge is 2.23. The van der Waals surface area contributed by atoms with Crippen LogP contribution >= 0.6 is 0 Å². The predicted molar refractivity (Wildman–Crippen MR) is 131 cm³/mol. The van der Waals surface area contributed by atoms with Gasteiger partial charge in [0.1, 0.15) is 11.4 Å². The van der Waals surface area contributed by atoms with Crippen LogP contribution in [0.15, 0.2) is 77.6 Å². The summed E-state index contributed by atoms with van der Waals surface area (Å²) in [6.45, 7) is 1.47. The minimum atomic E-state index is -0.759. The van der Waals surface area contributed by atoms with Crippen molar-refractivity contribution in [3.05, 3.63) is 94.4 Å². The van der Waals surface area contributed by atoms with Crippen molar-refractivity contribution < 1.29 is 19.1 Å². The van der Waals surface area contributed by atoms with Gasteiger partial charge in [-0.05, 0) is 48.2 Å². The van der Waals surface area contributed by atoms with E-state index in [4.69, 9.17) is 9.47 Å². The molecule has 0 aliphatic heterocycles. The lowest BCUT2D eigenvalue weighted by atomic mass is 9.96. The van der Waals surface area contributed by atoms with Gasteiger partial charge in [0.15, 0.2) is 6.61 Å². The molecule has 7 nitrogen and oxygen atoms in total. The van der Waals surface area contributed by atoms with E-state index in [0.29, 0.717) is 27.8 Å². The first-order valence-electron chi connectivity index (χ1n) is 10.7. The zero-order valence-electron chi connectivity index (χ0n) is 19.1. The summed E-state index contributed by atoms with van der Waals surface area (Å²) in [5.74, 6) is -0.600. The van der Waals surface area contributed by atoms with E-state index in [1.54, 1.807) is 49.6 Å². The number of nitrogens with one attached hydrogen (secondary N) is 1. The van der Waals surface area contributed by atoms with Crippen LogP contribution in [-0.4, -0.2) is 30.2 Å². The van der Waals surface area contributed by atoms with E-state index in [-0.39, 0.29) is 11.3 Å². The quantitative estimate of drug-likeness (QED) is 0.437. The first kappa shape index (κ1) is 22.8. The van der Waals surface area contributed by atoms with E-state index in [1.807, 2.05) is 37.3 Å². The third-order valence-corrected chi connectivity index (χ3v) is 5.55. The van der Waals surface area contributed by atoms with Crippen molar-refractivity contribution in [1.82, 2.24) is 4.57 Å². The molecule has 0 fully saturated rings. The molecule has 4 aromatic rings. The number of methoxy groups -OCH3 is 1. The minimum Gasteiger partial charge on any atom is -0.497 e. The zero-order chi connectivity index (χ0) is 24.2. The third-order valence-electron chi connectivity index (χ3n) is 5.55. The van der Waals surface area contributed by atoms with Gasteiger partial charge >= 0.3 is 5.97 Å². The van der Waals surface area contributed by atoms with Crippen LogP contribution in [0.3, 0.4) is 0 Å². The van der Waals surface area contributed by atoms with Crippen LogP contribution in [0.25, 0.3) is 21.9 Å². The van der Waals surface area contributed by atoms with E-state index in [9.17, 15) is 14.4 Å². The maximum atomic E-state index is 13.2. The Morgan fingerprint density at radius 2 is 1.56 bits per heavy atom. The number of aryl methyl sites for hydroxylation is 1. The Labute approximate surface area is 196 Å². The molecule has 0 aliphatic carbocycles. The molecule has 0 spiro atoms. The number of hydrogen-bond acceptors (Lipinski definition) is 5. The topological polar surface area (TPSA) is 86.6 Å². The number of aromatic nitrogens is 1. The van der Waals surface area contributed by atoms with Crippen LogP contribution in [0.2, 0.25) is 0 Å². The minimum absolute atomic E-state index is 0.0878. The molecule has 0 aliphatic rings. The Bertz CT molecular complexity index is 1420. The molecule has 1 heterocycles. The van der Waals surface area contributed by atoms with Gasteiger partial charge in [0.25, 0.3) is 11.5 Å². The molecule has 0 bridgehead atoms. The summed E-state index contributed by atoms with van der Waals surface area (Å²) in [7, 11) is 3.08. The maximum Gasteiger partial charge on any atom is 0.356 e. The van der Waals surface area contributed by atoms with Gasteiger partial charge in [-0.3, -0.25) is 9.59 Å². The lowest BCUT2D eigenvalue weighted by Crippen LogP contribution is -2.28. The molecular weight excluding hydrogens is 432 g/mol. The summed E-state index contributed by atoms with van der Waals surface area (Å²) in [4.78, 5) is 38.5. The molecule has 34 heavy (non-hydrogen) atoms. The summed E-state index contributed by atoms with van der Waals surface area (Å²) < 4.78 is 11.7. The second kappa shape index (κ2) is 9.62. The molecule has 0 saturated heterocycles. The fraction of sp³-hybridized carbons (Fsp3) is 0.148. The van der Waals surface area contributed by atoms with E-state index >= 15 is 0 Å². The molecule has 0 saturated carbocycles. The van der Waals surface area contributed by atoms with Gasteiger partial charge in [0.05, 0.1) is 7.11 Å². The first-order chi connectivity index (χ1) is 16.4. The normalized spacial score (nSPS) is 10.7. The number of benzene rings is 3. The number of carbonyl (C=O) groups excluding carboxylic acids is 2. The first-order valence-corrected chi connectivity index (χ1v) is 10.7. The summed E-state index contributed by atoms with van der Waals surface area (Å²) in [5, 5.41) is 3.81. The molecule has 1 aromatic heterocycles. The number of esters is 1. The summed E-state index contributed by atoms with van der Waals surface area (Å²) >= 11 is 0. The summed E-state index contributed by atoms with van der Waals surface area (Å²) in [5.41, 5.74) is 2.73. The fourth-order valence-electron chi connectivity index (χ4n) is 3.79. The van der Waals surface area contributed by atoms with Crippen LogP contribution in [0, 0.1) is 6.92 Å². The van der Waals surface area contributed by atoms with E-state index in [1.165, 1.54) is 11.6 Å². The highest BCUT2D eigenvalue weighted by atomic mass is 16.5. The van der Waals surface area contributed by atoms with Crippen molar-refractivity contribution in [2.45, 2.75) is 6.92 Å². The van der Waals surface area contributed by atoms with Gasteiger partial charge in [-0.15, -0.1) is 0 Å². The Morgan fingerprint density at radius 1 is 0.912 bits per heavy atom. The number of hydrogen-bond donors (Lipinski definition) is 1. The summed E-state index contributed by atoms with van der Waals surface area (Å²) in [6, 6.07) is 21.6. The zero-order valence-corrected chi connectivity index (χ0v) is 19.1. The number of anilines is 1. The van der Waals surface area contributed by atoms with Gasteiger partial charge in [-0.1, -0.05) is 48.0 Å². The Kier molecular flexibility index (Phi) is 6.45. The second-order valence-corrected chi connectivity index (χ2v) is 7.85. The Balaban J connectivity index is 1.66. The van der Waals surface area contributed by atoms with Crippen molar-refractivity contribution in [2.75, 3.05) is 19.0 Å². The smallest absolute Gasteiger partial charge is 0.356 e. The van der Waals surface area contributed by atoms with E-state index < -0.39 is 18.5 Å². The van der Waals surface area contributed by atoms with Gasteiger partial charge < -0.3 is 19.4 Å². The number of pyridine rings is 1. The van der Waals surface area contributed by atoms with Gasteiger partial charge in [-0.2, -0.15) is 0 Å². The van der Waals surface area contributed by atoms with E-state index in [2.05, 4.69) is 5.32 Å². The third kappa shape index (κ3) is 4.54. The fourth-order valence-corrected chi connectivity index (χ4v) is 3.79. The number of carbonyl (C=O) groups is 2. The maximum absolute atomic E-state index is 13.2. The van der Waals surface area contributed by atoms with Crippen molar-refractivity contribution in [3.8, 4) is 16.9 Å². The lowest BCUT2D eigenvalue weighted by Gasteiger charge is -2.17. The van der Waals surface area contributed by atoms with Crippen molar-refractivity contribution >= 4 is 28.3 Å². The second-order valence-electron chi connectivity index (χ2n) is 7.85. The molecule has 172 valence electrons. The average molecular weight is 456 g/mol. The number of fused-ring (bicyclic) bond motifs is 1. The highest BCUT2D eigenvalue weighted by molar-refractivity contribution is 6.07. The van der Waals surface area contributed by atoms with Crippen LogP contribution in [0.4, 0.5) is 5.69 Å². The van der Waals surface area contributed by atoms with Crippen molar-refractivity contribution in [2.24, 2.45) is 7.05 Å². The standard InChI is InChI=1S/C27H24N2O5/c1-17-8-10-18(11-9-17)24-21-6-4-5-7-22(21)26(31)29(2)25(24)27(32)34-16-23(30)28-19-12-14-20(33-3)15-13-19/h4-15H,16H2,1-3H3,(H,28,30). The predicted octanol–water partition coefficient (Wildman–Crippen LogP) is 4.32. The van der Waals surface area contributed by atoms with Crippen LogP contribution < -0.4 is 15.6 Å². The molecule has 7 heteroatoms. The number of ether oxygens (including phenoxy) is 2. The van der Waals surface area contributed by atoms with Gasteiger partial charge in [0, 0.05) is 23.7 Å². The highest BCUT2D eigenvalue weighted by Crippen LogP contribution is 2.31. The van der Waals surface area contributed by atoms with Crippen LogP contribution in [-0.2, 0) is 16.6 Å².